The van der Waals surface area contributed by atoms with Crippen LogP contribution in [0.1, 0.15) is 40.3 Å². The van der Waals surface area contributed by atoms with Gasteiger partial charge in [0.15, 0.2) is 5.65 Å². The highest BCUT2D eigenvalue weighted by molar-refractivity contribution is 6.35. The summed E-state index contributed by atoms with van der Waals surface area (Å²) in [6.45, 7) is 5.61. The van der Waals surface area contributed by atoms with Gasteiger partial charge >= 0.3 is 0 Å². The van der Waals surface area contributed by atoms with Crippen molar-refractivity contribution >= 4 is 40.1 Å². The summed E-state index contributed by atoms with van der Waals surface area (Å²) in [6.07, 6.45) is 0. The van der Waals surface area contributed by atoms with Crippen molar-refractivity contribution in [3.63, 3.8) is 0 Å². The Morgan fingerprint density at radius 3 is 2.64 bits per heavy atom. The van der Waals surface area contributed by atoms with E-state index in [1.54, 1.807) is 22.9 Å². The van der Waals surface area contributed by atoms with E-state index in [1.807, 2.05) is 33.9 Å². The number of benzene rings is 1. The van der Waals surface area contributed by atoms with Gasteiger partial charge in [-0.1, -0.05) is 29.3 Å². The normalized spacial score (nSPS) is 12.4. The van der Waals surface area contributed by atoms with Crippen molar-refractivity contribution in [2.24, 2.45) is 7.05 Å². The van der Waals surface area contributed by atoms with Crippen LogP contribution in [-0.2, 0) is 7.05 Å². The van der Waals surface area contributed by atoms with Gasteiger partial charge < -0.3 is 5.32 Å². The number of hydrogen-bond acceptors (Lipinski definition) is 3. The summed E-state index contributed by atoms with van der Waals surface area (Å²) in [4.78, 5) is 17.4. The Kier molecular flexibility index (Phi) is 4.71. The van der Waals surface area contributed by atoms with E-state index >= 15 is 0 Å². The highest BCUT2D eigenvalue weighted by Crippen LogP contribution is 2.27. The van der Waals surface area contributed by atoms with Crippen LogP contribution >= 0.6 is 23.2 Å². The van der Waals surface area contributed by atoms with E-state index in [2.05, 4.69) is 15.4 Å². The number of carbonyl (C=O) groups excluding carboxylic acids is 1. The second-order valence-corrected chi connectivity index (χ2v) is 6.92. The van der Waals surface area contributed by atoms with Gasteiger partial charge in [-0.25, -0.2) is 4.98 Å². The molecular weight excluding hydrogens is 359 g/mol. The number of aromatic nitrogens is 3. The molecule has 0 radical (unpaired) electrons. The lowest BCUT2D eigenvalue weighted by molar-refractivity contribution is 0.0941. The van der Waals surface area contributed by atoms with Gasteiger partial charge in [-0.05, 0) is 44.5 Å². The number of nitrogens with one attached hydrogen (secondary N) is 1. The molecule has 0 aliphatic rings. The largest absolute Gasteiger partial charge is 0.345 e. The Hall–Kier alpha value is -2.11. The first-order valence-electron chi connectivity index (χ1n) is 7.84. The molecule has 3 rings (SSSR count). The summed E-state index contributed by atoms with van der Waals surface area (Å²) in [7, 11) is 1.82. The van der Waals surface area contributed by atoms with E-state index in [0.29, 0.717) is 21.3 Å². The van der Waals surface area contributed by atoms with E-state index < -0.39 is 0 Å². The maximum atomic E-state index is 12.9. The molecule has 7 heteroatoms. The monoisotopic (exact) mass is 376 g/mol. The van der Waals surface area contributed by atoms with Crippen molar-refractivity contribution in [3.05, 3.63) is 56.8 Å². The van der Waals surface area contributed by atoms with Crippen molar-refractivity contribution in [3.8, 4) is 0 Å². The zero-order valence-electron chi connectivity index (χ0n) is 14.4. The molecule has 130 valence electrons. The number of fused-ring (bicyclic) bond motifs is 1. The zero-order valence-corrected chi connectivity index (χ0v) is 15.9. The molecule has 0 fully saturated rings. The molecule has 0 saturated carbocycles. The SMILES string of the molecule is Cc1cc(C(=O)N[C@@H](C)c2ccc(Cl)cc2Cl)c2c(C)nn(C)c2n1. The van der Waals surface area contributed by atoms with Crippen LogP contribution in [-0.4, -0.2) is 20.7 Å². The molecule has 0 unspecified atom stereocenters. The number of rotatable bonds is 3. The van der Waals surface area contributed by atoms with Gasteiger partial charge in [-0.2, -0.15) is 5.10 Å². The number of hydrogen-bond donors (Lipinski definition) is 1. The van der Waals surface area contributed by atoms with E-state index in [1.165, 1.54) is 0 Å². The molecule has 1 aromatic carbocycles. The number of pyridine rings is 1. The maximum Gasteiger partial charge on any atom is 0.252 e. The third kappa shape index (κ3) is 3.34. The van der Waals surface area contributed by atoms with Crippen LogP contribution in [0.15, 0.2) is 24.3 Å². The minimum Gasteiger partial charge on any atom is -0.345 e. The van der Waals surface area contributed by atoms with Gasteiger partial charge in [0, 0.05) is 22.8 Å². The Bertz CT molecular complexity index is 981. The third-order valence-corrected chi connectivity index (χ3v) is 4.68. The number of aryl methyl sites for hydroxylation is 3. The lowest BCUT2D eigenvalue weighted by atomic mass is 10.1. The van der Waals surface area contributed by atoms with Gasteiger partial charge in [0.05, 0.1) is 22.7 Å². The standard InChI is InChI=1S/C18H18Cl2N4O/c1-9-7-14(16-11(3)23-24(4)17(16)21-9)18(25)22-10(2)13-6-5-12(19)8-15(13)20/h5-8,10H,1-4H3,(H,22,25)/t10-/m0/s1. The Balaban J connectivity index is 1.97. The second kappa shape index (κ2) is 6.65. The third-order valence-electron chi connectivity index (χ3n) is 4.12. The summed E-state index contributed by atoms with van der Waals surface area (Å²) in [5, 5.41) is 9.22. The molecule has 0 aliphatic heterocycles. The summed E-state index contributed by atoms with van der Waals surface area (Å²) < 4.78 is 1.69. The summed E-state index contributed by atoms with van der Waals surface area (Å²) in [6, 6.07) is 6.76. The van der Waals surface area contributed by atoms with Gasteiger partial charge in [0.1, 0.15) is 0 Å². The van der Waals surface area contributed by atoms with Crippen LogP contribution in [0.2, 0.25) is 10.0 Å². The lowest BCUT2D eigenvalue weighted by Gasteiger charge is -2.16. The number of amides is 1. The van der Waals surface area contributed by atoms with E-state index in [0.717, 1.165) is 22.3 Å². The molecule has 1 N–H and O–H groups in total. The number of nitrogens with zero attached hydrogens (tertiary/aromatic N) is 3. The van der Waals surface area contributed by atoms with Gasteiger partial charge in [0.25, 0.3) is 5.91 Å². The summed E-state index contributed by atoms with van der Waals surface area (Å²) >= 11 is 12.2. The van der Waals surface area contributed by atoms with Crippen molar-refractivity contribution in [1.82, 2.24) is 20.1 Å². The summed E-state index contributed by atoms with van der Waals surface area (Å²) in [5.41, 5.74) is 3.60. The molecule has 25 heavy (non-hydrogen) atoms. The molecule has 0 aliphatic carbocycles. The number of halogens is 2. The predicted octanol–water partition coefficient (Wildman–Crippen LogP) is 4.38. The Morgan fingerprint density at radius 1 is 1.24 bits per heavy atom. The van der Waals surface area contributed by atoms with Crippen molar-refractivity contribution < 1.29 is 4.79 Å². The molecular formula is C18H18Cl2N4O. The average molecular weight is 377 g/mol. The topological polar surface area (TPSA) is 59.8 Å². The van der Waals surface area contributed by atoms with E-state index in [9.17, 15) is 4.79 Å². The summed E-state index contributed by atoms with van der Waals surface area (Å²) in [5.74, 6) is -0.190. The molecule has 3 aromatic rings. The minimum absolute atomic E-state index is 0.190. The van der Waals surface area contributed by atoms with Gasteiger partial charge in [-0.15, -0.1) is 0 Å². The van der Waals surface area contributed by atoms with Crippen LogP contribution in [0.5, 0.6) is 0 Å². The van der Waals surface area contributed by atoms with Crippen LogP contribution in [0, 0.1) is 13.8 Å². The second-order valence-electron chi connectivity index (χ2n) is 6.08. The zero-order chi connectivity index (χ0) is 18.3. The molecule has 1 atom stereocenters. The molecule has 2 aromatic heterocycles. The Labute approximate surface area is 156 Å². The molecule has 0 saturated heterocycles. The first-order chi connectivity index (χ1) is 11.8. The molecule has 5 nitrogen and oxygen atoms in total. The van der Waals surface area contributed by atoms with E-state index in [-0.39, 0.29) is 11.9 Å². The molecule has 0 bridgehead atoms. The fraction of sp³-hybridized carbons (Fsp3) is 0.278. The minimum atomic E-state index is -0.266. The smallest absolute Gasteiger partial charge is 0.252 e. The fourth-order valence-corrected chi connectivity index (χ4v) is 3.53. The van der Waals surface area contributed by atoms with Crippen molar-refractivity contribution in [2.45, 2.75) is 26.8 Å². The quantitative estimate of drug-likeness (QED) is 0.737. The van der Waals surface area contributed by atoms with Crippen LogP contribution in [0.4, 0.5) is 0 Å². The molecule has 1 amide bonds. The molecule has 0 spiro atoms. The van der Waals surface area contributed by atoms with Crippen molar-refractivity contribution in [2.75, 3.05) is 0 Å². The fourth-order valence-electron chi connectivity index (χ4n) is 2.95. The van der Waals surface area contributed by atoms with Crippen molar-refractivity contribution in [1.29, 1.82) is 0 Å². The highest BCUT2D eigenvalue weighted by atomic mass is 35.5. The van der Waals surface area contributed by atoms with Crippen LogP contribution in [0.3, 0.4) is 0 Å². The number of carbonyl (C=O) groups is 1. The van der Waals surface area contributed by atoms with Crippen LogP contribution < -0.4 is 5.32 Å². The average Bonchev–Trinajstić information content (AvgIpc) is 2.80. The molecule has 2 heterocycles. The predicted molar refractivity (Wildman–Crippen MR) is 100 cm³/mol. The first-order valence-corrected chi connectivity index (χ1v) is 8.60. The van der Waals surface area contributed by atoms with Gasteiger partial charge in [0.2, 0.25) is 0 Å². The maximum absolute atomic E-state index is 12.9. The van der Waals surface area contributed by atoms with E-state index in [4.69, 9.17) is 23.2 Å². The highest BCUT2D eigenvalue weighted by Gasteiger charge is 2.20. The Morgan fingerprint density at radius 2 is 1.96 bits per heavy atom. The van der Waals surface area contributed by atoms with Gasteiger partial charge in [-0.3, -0.25) is 9.48 Å². The van der Waals surface area contributed by atoms with Crippen LogP contribution in [0.25, 0.3) is 11.0 Å². The lowest BCUT2D eigenvalue weighted by Crippen LogP contribution is -2.27. The first kappa shape index (κ1) is 17.7.